The van der Waals surface area contributed by atoms with Crippen LogP contribution in [-0.2, 0) is 6.54 Å². The molecule has 0 aliphatic carbocycles. The fourth-order valence-corrected chi connectivity index (χ4v) is 3.63. The number of amides is 1. The van der Waals surface area contributed by atoms with E-state index < -0.39 is 11.7 Å². The first-order chi connectivity index (χ1) is 11.1. The van der Waals surface area contributed by atoms with Gasteiger partial charge in [0, 0.05) is 12.1 Å². The summed E-state index contributed by atoms with van der Waals surface area (Å²) in [4.78, 5) is 17.2. The third-order valence-electron chi connectivity index (χ3n) is 3.55. The average molecular weight is 328 g/mol. The molecule has 0 spiro atoms. The Labute approximate surface area is 137 Å². The predicted octanol–water partition coefficient (Wildman–Crippen LogP) is 4.30. The molecule has 3 rings (SSSR count). The maximum absolute atomic E-state index is 13.3. The molecule has 0 N–H and O–H groups in total. The lowest BCUT2D eigenvalue weighted by atomic mass is 10.2. The van der Waals surface area contributed by atoms with Crippen LogP contribution in [0.5, 0.6) is 0 Å². The molecule has 1 amide bonds. The second-order valence-electron chi connectivity index (χ2n) is 5.43. The number of hydrogen-bond acceptors (Lipinski definition) is 2. The maximum Gasteiger partial charge on any atom is 0.279 e. The zero-order valence-corrected chi connectivity index (χ0v) is 13.9. The molecule has 0 saturated heterocycles. The average Bonchev–Trinajstić information content (AvgIpc) is 2.84. The van der Waals surface area contributed by atoms with Gasteiger partial charge in [-0.2, -0.15) is 4.99 Å². The number of aromatic nitrogens is 1. The van der Waals surface area contributed by atoms with Crippen LogP contribution in [0.15, 0.2) is 47.5 Å². The molecule has 0 fully saturated rings. The van der Waals surface area contributed by atoms with Gasteiger partial charge in [-0.3, -0.25) is 4.79 Å². The molecule has 3 nitrogen and oxygen atoms in total. The van der Waals surface area contributed by atoms with Crippen LogP contribution in [0.3, 0.4) is 0 Å². The van der Waals surface area contributed by atoms with Crippen molar-refractivity contribution in [2.45, 2.75) is 26.8 Å². The Balaban J connectivity index is 2.14. The summed E-state index contributed by atoms with van der Waals surface area (Å²) in [5.74, 6) is -0.850. The number of hydrogen-bond donors (Lipinski definition) is 0. The lowest BCUT2D eigenvalue weighted by molar-refractivity contribution is 0.0997. The maximum atomic E-state index is 13.3. The number of aryl methyl sites for hydroxylation is 2. The smallest absolute Gasteiger partial charge is 0.279 e. The third-order valence-corrected chi connectivity index (χ3v) is 4.60. The van der Waals surface area contributed by atoms with Crippen molar-refractivity contribution < 1.29 is 9.18 Å². The van der Waals surface area contributed by atoms with Gasteiger partial charge >= 0.3 is 0 Å². The van der Waals surface area contributed by atoms with E-state index in [1.165, 1.54) is 35.1 Å². The monoisotopic (exact) mass is 328 g/mol. The summed E-state index contributed by atoms with van der Waals surface area (Å²) >= 11 is 1.49. The topological polar surface area (TPSA) is 34.4 Å². The highest BCUT2D eigenvalue weighted by Gasteiger charge is 2.09. The largest absolute Gasteiger partial charge is 0.316 e. The van der Waals surface area contributed by atoms with Crippen molar-refractivity contribution in [1.82, 2.24) is 4.57 Å². The van der Waals surface area contributed by atoms with Gasteiger partial charge in [0.15, 0.2) is 4.80 Å². The second kappa shape index (κ2) is 6.46. The molecule has 0 aliphatic heterocycles. The molecule has 0 bridgehead atoms. The first kappa shape index (κ1) is 15.6. The molecule has 2 aromatic carbocycles. The molecular weight excluding hydrogens is 311 g/mol. The number of fused-ring (bicyclic) bond motifs is 1. The minimum atomic E-state index is -0.431. The van der Waals surface area contributed by atoms with Crippen molar-refractivity contribution in [3.8, 4) is 0 Å². The van der Waals surface area contributed by atoms with E-state index in [2.05, 4.69) is 34.7 Å². The zero-order valence-electron chi connectivity index (χ0n) is 13.0. The van der Waals surface area contributed by atoms with Crippen molar-refractivity contribution in [3.05, 3.63) is 64.2 Å². The summed E-state index contributed by atoms with van der Waals surface area (Å²) in [6.45, 7) is 4.92. The molecule has 0 saturated carbocycles. The summed E-state index contributed by atoms with van der Waals surface area (Å²) in [5.41, 5.74) is 2.51. The molecule has 3 aromatic rings. The summed E-state index contributed by atoms with van der Waals surface area (Å²) in [7, 11) is 0. The van der Waals surface area contributed by atoms with Crippen molar-refractivity contribution in [2.24, 2.45) is 4.99 Å². The third kappa shape index (κ3) is 3.24. The van der Waals surface area contributed by atoms with Gasteiger partial charge in [-0.15, -0.1) is 0 Å². The first-order valence-electron chi connectivity index (χ1n) is 7.53. The molecule has 0 atom stereocenters. The van der Waals surface area contributed by atoms with Gasteiger partial charge in [0.1, 0.15) is 5.82 Å². The lowest BCUT2D eigenvalue weighted by Crippen LogP contribution is -2.16. The number of carbonyl (C=O) groups is 1. The Hall–Kier alpha value is -2.27. The molecule has 5 heteroatoms. The van der Waals surface area contributed by atoms with Crippen LogP contribution in [-0.4, -0.2) is 10.5 Å². The van der Waals surface area contributed by atoms with Gasteiger partial charge in [-0.1, -0.05) is 30.4 Å². The van der Waals surface area contributed by atoms with Crippen LogP contribution in [0.1, 0.15) is 29.3 Å². The van der Waals surface area contributed by atoms with Crippen LogP contribution in [0.4, 0.5) is 4.39 Å². The summed E-state index contributed by atoms with van der Waals surface area (Å²) in [6, 6.07) is 11.8. The highest BCUT2D eigenvalue weighted by atomic mass is 32.1. The van der Waals surface area contributed by atoms with E-state index in [1.807, 2.05) is 6.92 Å². The molecule has 0 radical (unpaired) electrons. The van der Waals surface area contributed by atoms with Crippen molar-refractivity contribution in [1.29, 1.82) is 0 Å². The fourth-order valence-electron chi connectivity index (χ4n) is 2.48. The fraction of sp³-hybridized carbons (Fsp3) is 0.222. The Bertz CT molecular complexity index is 940. The number of nitrogens with zero attached hydrogens (tertiary/aromatic N) is 2. The standard InChI is InChI=1S/C18H17FN2OS/c1-3-9-21-15-8-7-12(2)10-16(15)23-18(21)20-17(22)13-5-4-6-14(19)11-13/h4-8,10-11H,3,9H2,1-2H3. The Morgan fingerprint density at radius 2 is 2.09 bits per heavy atom. The normalized spacial score (nSPS) is 12.0. The van der Waals surface area contributed by atoms with Crippen LogP contribution in [0.2, 0.25) is 0 Å². The van der Waals surface area contributed by atoms with Crippen LogP contribution in [0, 0.1) is 12.7 Å². The van der Waals surface area contributed by atoms with Crippen molar-refractivity contribution in [2.75, 3.05) is 0 Å². The number of rotatable bonds is 3. The number of carbonyl (C=O) groups excluding carboxylic acids is 1. The van der Waals surface area contributed by atoms with Crippen molar-refractivity contribution in [3.63, 3.8) is 0 Å². The van der Waals surface area contributed by atoms with Gasteiger partial charge in [0.25, 0.3) is 5.91 Å². The minimum Gasteiger partial charge on any atom is -0.316 e. The van der Waals surface area contributed by atoms with E-state index >= 15 is 0 Å². The SMILES string of the molecule is CCCn1c(=NC(=O)c2cccc(F)c2)sc2cc(C)ccc21. The Morgan fingerprint density at radius 3 is 2.83 bits per heavy atom. The van der Waals surface area contributed by atoms with Crippen molar-refractivity contribution >= 4 is 27.5 Å². The highest BCUT2D eigenvalue weighted by molar-refractivity contribution is 7.16. The van der Waals surface area contributed by atoms with E-state index in [4.69, 9.17) is 0 Å². The van der Waals surface area contributed by atoms with E-state index in [-0.39, 0.29) is 5.56 Å². The summed E-state index contributed by atoms with van der Waals surface area (Å²) in [5, 5.41) is 0. The Kier molecular flexibility index (Phi) is 4.39. The molecule has 0 unspecified atom stereocenters. The van der Waals surface area contributed by atoms with E-state index in [0.29, 0.717) is 4.80 Å². The number of halogens is 1. The van der Waals surface area contributed by atoms with Crippen LogP contribution >= 0.6 is 11.3 Å². The van der Waals surface area contributed by atoms with Crippen LogP contribution < -0.4 is 4.80 Å². The lowest BCUT2D eigenvalue weighted by Gasteiger charge is -2.02. The molecular formula is C18H17FN2OS. The van der Waals surface area contributed by atoms with Gasteiger partial charge in [0.05, 0.1) is 10.2 Å². The minimum absolute atomic E-state index is 0.265. The van der Waals surface area contributed by atoms with E-state index in [0.717, 1.165) is 23.2 Å². The van der Waals surface area contributed by atoms with Crippen LogP contribution in [0.25, 0.3) is 10.2 Å². The molecule has 1 heterocycles. The Morgan fingerprint density at radius 1 is 1.26 bits per heavy atom. The van der Waals surface area contributed by atoms with Gasteiger partial charge < -0.3 is 4.57 Å². The zero-order chi connectivity index (χ0) is 16.4. The number of benzene rings is 2. The molecule has 118 valence electrons. The van der Waals surface area contributed by atoms with E-state index in [9.17, 15) is 9.18 Å². The molecule has 23 heavy (non-hydrogen) atoms. The summed E-state index contributed by atoms with van der Waals surface area (Å²) < 4.78 is 16.4. The summed E-state index contributed by atoms with van der Waals surface area (Å²) in [6.07, 6.45) is 0.945. The highest BCUT2D eigenvalue weighted by Crippen LogP contribution is 2.19. The van der Waals surface area contributed by atoms with E-state index in [1.54, 1.807) is 6.07 Å². The predicted molar refractivity (Wildman–Crippen MR) is 91.1 cm³/mol. The molecule has 1 aromatic heterocycles. The molecule has 0 aliphatic rings. The second-order valence-corrected chi connectivity index (χ2v) is 6.44. The first-order valence-corrected chi connectivity index (χ1v) is 8.35. The van der Waals surface area contributed by atoms with Gasteiger partial charge in [-0.25, -0.2) is 4.39 Å². The van der Waals surface area contributed by atoms with Gasteiger partial charge in [-0.05, 0) is 49.2 Å². The quantitative estimate of drug-likeness (QED) is 0.706. The number of thiazole rings is 1. The van der Waals surface area contributed by atoms with Gasteiger partial charge in [0.2, 0.25) is 0 Å².